The molecular formula is C22H22N2O3S2. The topological polar surface area (TPSA) is 68.5 Å². The fourth-order valence-corrected chi connectivity index (χ4v) is 5.57. The van der Waals surface area contributed by atoms with Crippen molar-refractivity contribution in [3.05, 3.63) is 64.0 Å². The first-order valence-corrected chi connectivity index (χ1v) is 11.8. The van der Waals surface area contributed by atoms with Gasteiger partial charge in [0.15, 0.2) is 14.6 Å². The van der Waals surface area contributed by atoms with E-state index < -0.39 is 15.7 Å². The zero-order valence-corrected chi connectivity index (χ0v) is 18.0. The summed E-state index contributed by atoms with van der Waals surface area (Å²) in [6.07, 6.45) is 5.35. The van der Waals surface area contributed by atoms with Crippen LogP contribution in [0.1, 0.15) is 23.1 Å². The number of aryl methyl sites for hydroxylation is 2. The second-order valence-electron chi connectivity index (χ2n) is 6.94. The Morgan fingerprint density at radius 3 is 2.62 bits per heavy atom. The minimum Gasteiger partial charge on any atom is -0.305 e. The number of carbonyl (C=O) groups excluding carboxylic acids is 1. The van der Waals surface area contributed by atoms with Crippen LogP contribution >= 0.6 is 11.3 Å². The van der Waals surface area contributed by atoms with Gasteiger partial charge in [0.05, 0.1) is 28.3 Å². The fraction of sp³-hybridized carbons (Fsp3) is 0.273. The zero-order valence-electron chi connectivity index (χ0n) is 16.4. The van der Waals surface area contributed by atoms with Crippen molar-refractivity contribution in [3.8, 4) is 12.3 Å². The fourth-order valence-electron chi connectivity index (χ4n) is 3.15. The molecule has 2 aromatic carbocycles. The van der Waals surface area contributed by atoms with Crippen molar-refractivity contribution in [1.29, 1.82) is 0 Å². The highest BCUT2D eigenvalue weighted by Crippen LogP contribution is 2.23. The summed E-state index contributed by atoms with van der Waals surface area (Å²) >= 11 is 1.39. The van der Waals surface area contributed by atoms with Gasteiger partial charge in [0.25, 0.3) is 0 Å². The number of sulfone groups is 1. The first kappa shape index (κ1) is 21.0. The number of terminal acetylenes is 1. The first-order chi connectivity index (χ1) is 13.8. The summed E-state index contributed by atoms with van der Waals surface area (Å²) in [6.45, 7) is 4.30. The molecule has 0 aliphatic rings. The maximum atomic E-state index is 12.4. The lowest BCUT2D eigenvalue weighted by molar-refractivity contribution is -0.117. The van der Waals surface area contributed by atoms with Crippen molar-refractivity contribution in [2.45, 2.75) is 32.6 Å². The third kappa shape index (κ3) is 5.22. The van der Waals surface area contributed by atoms with Gasteiger partial charge < -0.3 is 4.57 Å². The number of carbonyl (C=O) groups is 1. The minimum absolute atomic E-state index is 0.0838. The molecule has 3 rings (SSSR count). The summed E-state index contributed by atoms with van der Waals surface area (Å²) in [5.74, 6) is 1.82. The number of fused-ring (bicyclic) bond motifs is 1. The lowest BCUT2D eigenvalue weighted by atomic mass is 10.1. The Bertz CT molecular complexity index is 1260. The summed E-state index contributed by atoms with van der Waals surface area (Å²) < 4.78 is 27.5. The molecule has 150 valence electrons. The van der Waals surface area contributed by atoms with Crippen LogP contribution in [0.2, 0.25) is 0 Å². The third-order valence-corrected chi connectivity index (χ3v) is 7.27. The Labute approximate surface area is 174 Å². The molecule has 0 N–H and O–H groups in total. The van der Waals surface area contributed by atoms with Crippen molar-refractivity contribution in [2.75, 3.05) is 5.75 Å². The third-order valence-electron chi connectivity index (χ3n) is 4.44. The molecule has 5 nitrogen and oxygen atoms in total. The normalized spacial score (nSPS) is 12.2. The van der Waals surface area contributed by atoms with Crippen molar-refractivity contribution in [3.63, 3.8) is 0 Å². The van der Waals surface area contributed by atoms with Crippen LogP contribution in [0.15, 0.2) is 47.5 Å². The van der Waals surface area contributed by atoms with Gasteiger partial charge >= 0.3 is 0 Å². The molecule has 29 heavy (non-hydrogen) atoms. The van der Waals surface area contributed by atoms with Gasteiger partial charge in [-0.25, -0.2) is 8.42 Å². The van der Waals surface area contributed by atoms with Crippen LogP contribution in [0.3, 0.4) is 0 Å². The predicted octanol–water partition coefficient (Wildman–Crippen LogP) is 3.39. The SMILES string of the molecule is C#CCn1c(=NC(=O)CCS(=O)(=O)Cc2ccccc2)sc2c(C)cc(C)cc21. The van der Waals surface area contributed by atoms with Crippen LogP contribution in [0.5, 0.6) is 0 Å². The second kappa shape index (κ2) is 8.76. The van der Waals surface area contributed by atoms with Gasteiger partial charge in [0.1, 0.15) is 0 Å². The molecule has 0 radical (unpaired) electrons. The standard InChI is InChI=1S/C22H22N2O3S2/c1-4-11-24-19-14-16(2)13-17(3)21(19)28-22(24)23-20(25)10-12-29(26,27)15-18-8-6-5-7-9-18/h1,5-9,13-14H,10-12,15H2,2-3H3. The summed E-state index contributed by atoms with van der Waals surface area (Å²) in [4.78, 5) is 17.1. The molecule has 0 aliphatic carbocycles. The summed E-state index contributed by atoms with van der Waals surface area (Å²) in [5, 5.41) is 0. The van der Waals surface area contributed by atoms with Gasteiger partial charge in [0.2, 0.25) is 5.91 Å². The molecule has 3 aromatic rings. The number of aromatic nitrogens is 1. The zero-order chi connectivity index (χ0) is 21.0. The van der Waals surface area contributed by atoms with E-state index in [4.69, 9.17) is 6.42 Å². The van der Waals surface area contributed by atoms with E-state index in [0.717, 1.165) is 21.3 Å². The van der Waals surface area contributed by atoms with Crippen molar-refractivity contribution in [1.82, 2.24) is 4.57 Å². The molecule has 0 saturated carbocycles. The number of rotatable bonds is 6. The van der Waals surface area contributed by atoms with Gasteiger partial charge in [-0.2, -0.15) is 4.99 Å². The van der Waals surface area contributed by atoms with E-state index in [0.29, 0.717) is 16.9 Å². The van der Waals surface area contributed by atoms with E-state index in [9.17, 15) is 13.2 Å². The molecule has 1 heterocycles. The number of hydrogen-bond donors (Lipinski definition) is 0. The summed E-state index contributed by atoms with van der Waals surface area (Å²) in [6, 6.07) is 13.0. The van der Waals surface area contributed by atoms with Crippen LogP contribution in [-0.2, 0) is 26.9 Å². The smallest absolute Gasteiger partial charge is 0.249 e. The van der Waals surface area contributed by atoms with E-state index >= 15 is 0 Å². The van der Waals surface area contributed by atoms with Crippen LogP contribution in [0, 0.1) is 26.2 Å². The predicted molar refractivity (Wildman–Crippen MR) is 117 cm³/mol. The van der Waals surface area contributed by atoms with E-state index in [2.05, 4.69) is 17.0 Å². The molecule has 7 heteroatoms. The molecule has 0 spiro atoms. The van der Waals surface area contributed by atoms with Crippen LogP contribution in [-0.4, -0.2) is 24.6 Å². The highest BCUT2D eigenvalue weighted by Gasteiger charge is 2.15. The number of amides is 1. The average molecular weight is 427 g/mol. The average Bonchev–Trinajstić information content (AvgIpc) is 2.99. The Morgan fingerprint density at radius 2 is 1.93 bits per heavy atom. The van der Waals surface area contributed by atoms with Gasteiger partial charge in [-0.15, -0.1) is 6.42 Å². The lowest BCUT2D eigenvalue weighted by Gasteiger charge is -2.03. The largest absolute Gasteiger partial charge is 0.305 e. The van der Waals surface area contributed by atoms with Gasteiger partial charge in [0, 0.05) is 6.42 Å². The van der Waals surface area contributed by atoms with Crippen molar-refractivity contribution >= 4 is 37.3 Å². The number of nitrogens with zero attached hydrogens (tertiary/aromatic N) is 2. The Hall–Kier alpha value is -2.69. The Morgan fingerprint density at radius 1 is 1.21 bits per heavy atom. The Balaban J connectivity index is 1.83. The number of benzene rings is 2. The van der Waals surface area contributed by atoms with E-state index in [-0.39, 0.29) is 17.9 Å². The van der Waals surface area contributed by atoms with E-state index in [1.165, 1.54) is 11.3 Å². The molecule has 0 aliphatic heterocycles. The second-order valence-corrected chi connectivity index (χ2v) is 10.1. The number of hydrogen-bond acceptors (Lipinski definition) is 4. The van der Waals surface area contributed by atoms with E-state index in [1.807, 2.05) is 30.5 Å². The van der Waals surface area contributed by atoms with Gasteiger partial charge in [-0.3, -0.25) is 4.79 Å². The molecule has 0 atom stereocenters. The van der Waals surface area contributed by atoms with Crippen molar-refractivity contribution in [2.24, 2.45) is 4.99 Å². The van der Waals surface area contributed by atoms with Gasteiger partial charge in [-0.1, -0.05) is 53.7 Å². The molecule has 1 amide bonds. The molecule has 0 saturated heterocycles. The van der Waals surface area contributed by atoms with E-state index in [1.54, 1.807) is 24.3 Å². The first-order valence-electron chi connectivity index (χ1n) is 9.15. The van der Waals surface area contributed by atoms with Crippen LogP contribution in [0.25, 0.3) is 10.2 Å². The van der Waals surface area contributed by atoms with Crippen LogP contribution < -0.4 is 4.80 Å². The molecular weight excluding hydrogens is 404 g/mol. The maximum Gasteiger partial charge on any atom is 0.249 e. The molecule has 1 aromatic heterocycles. The summed E-state index contributed by atoms with van der Waals surface area (Å²) in [5.41, 5.74) is 3.84. The highest BCUT2D eigenvalue weighted by molar-refractivity contribution is 7.90. The Kier molecular flexibility index (Phi) is 6.36. The summed E-state index contributed by atoms with van der Waals surface area (Å²) in [7, 11) is -3.40. The maximum absolute atomic E-state index is 12.4. The number of thiazole rings is 1. The molecule has 0 bridgehead atoms. The monoisotopic (exact) mass is 426 g/mol. The quantitative estimate of drug-likeness (QED) is 0.568. The molecule has 0 unspecified atom stereocenters. The minimum atomic E-state index is -3.40. The van der Waals surface area contributed by atoms with Gasteiger partial charge in [-0.05, 0) is 36.6 Å². The van der Waals surface area contributed by atoms with Crippen LogP contribution in [0.4, 0.5) is 0 Å². The van der Waals surface area contributed by atoms with Crippen molar-refractivity contribution < 1.29 is 13.2 Å². The molecule has 0 fully saturated rings. The highest BCUT2D eigenvalue weighted by atomic mass is 32.2. The lowest BCUT2D eigenvalue weighted by Crippen LogP contribution is -2.18.